The van der Waals surface area contributed by atoms with Crippen molar-refractivity contribution >= 4 is 64.1 Å². The molecule has 0 unspecified atom stereocenters. The van der Waals surface area contributed by atoms with E-state index in [1.54, 1.807) is 43.3 Å². The first-order valence-electron chi connectivity index (χ1n) is 11.7. The number of nitrogens with one attached hydrogen (secondary N) is 2. The molecule has 4 rings (SSSR count). The fourth-order valence-corrected chi connectivity index (χ4v) is 4.30. The van der Waals surface area contributed by atoms with Crippen LogP contribution >= 0.6 is 23.8 Å². The van der Waals surface area contributed by atoms with E-state index in [9.17, 15) is 14.4 Å². The van der Waals surface area contributed by atoms with Gasteiger partial charge in [-0.3, -0.25) is 24.6 Å². The van der Waals surface area contributed by atoms with Gasteiger partial charge in [0.1, 0.15) is 5.57 Å². The van der Waals surface area contributed by atoms with E-state index in [4.69, 9.17) is 33.3 Å². The highest BCUT2D eigenvalue weighted by Gasteiger charge is 2.34. The lowest BCUT2D eigenvalue weighted by molar-refractivity contribution is -0.122. The Bertz CT molecular complexity index is 1440. The summed E-state index contributed by atoms with van der Waals surface area (Å²) in [4.78, 5) is 39.6. The lowest BCUT2D eigenvalue weighted by Gasteiger charge is -2.28. The summed E-state index contributed by atoms with van der Waals surface area (Å²) in [6, 6.07) is 19.2. The lowest BCUT2D eigenvalue weighted by Crippen LogP contribution is -2.54. The van der Waals surface area contributed by atoms with E-state index in [0.717, 1.165) is 5.56 Å². The van der Waals surface area contributed by atoms with Crippen molar-refractivity contribution in [3.8, 4) is 11.5 Å². The summed E-state index contributed by atoms with van der Waals surface area (Å²) in [5.41, 5.74) is 2.41. The number of thiocarbonyl (C=S) groups is 1. The highest BCUT2D eigenvalue weighted by atomic mass is 35.5. The Morgan fingerprint density at radius 1 is 1.08 bits per heavy atom. The monoisotopic (exact) mass is 549 g/mol. The second-order valence-electron chi connectivity index (χ2n) is 8.21. The van der Waals surface area contributed by atoms with Gasteiger partial charge in [0.25, 0.3) is 17.7 Å². The first-order valence-corrected chi connectivity index (χ1v) is 12.5. The number of ether oxygens (including phenoxy) is 2. The quantitative estimate of drug-likeness (QED) is 0.236. The van der Waals surface area contributed by atoms with Crippen LogP contribution in [0.15, 0.2) is 72.3 Å². The Kier molecular flexibility index (Phi) is 8.40. The predicted molar refractivity (Wildman–Crippen MR) is 151 cm³/mol. The molecule has 1 heterocycles. The number of para-hydroxylation sites is 2. The van der Waals surface area contributed by atoms with E-state index in [0.29, 0.717) is 16.9 Å². The molecule has 0 bridgehead atoms. The van der Waals surface area contributed by atoms with Crippen LogP contribution in [0.3, 0.4) is 0 Å². The van der Waals surface area contributed by atoms with E-state index in [2.05, 4.69) is 10.6 Å². The summed E-state index contributed by atoms with van der Waals surface area (Å²) in [5.74, 6) is -1.15. The molecule has 3 aromatic carbocycles. The molecule has 194 valence electrons. The molecule has 0 radical (unpaired) electrons. The summed E-state index contributed by atoms with van der Waals surface area (Å²) in [7, 11) is 0. The third kappa shape index (κ3) is 6.01. The third-order valence-electron chi connectivity index (χ3n) is 5.53. The van der Waals surface area contributed by atoms with Crippen molar-refractivity contribution in [2.45, 2.75) is 13.8 Å². The average molecular weight is 550 g/mol. The standard InChI is InChI=1S/C28H24ClN3O5S/c1-3-36-23-15-18(13-20-26(34)31-28(38)32(27(20)35)19-10-5-4-6-11-19)14-21(29)25(23)37-16-24(33)30-22-12-8-7-9-17(22)2/h4-15H,3,16H2,1-2H3,(H,30,33)(H,31,34,38)/b20-13-. The van der Waals surface area contributed by atoms with Crippen LogP contribution in [0.2, 0.25) is 5.02 Å². The fraction of sp³-hybridized carbons (Fsp3) is 0.143. The zero-order chi connectivity index (χ0) is 27.2. The van der Waals surface area contributed by atoms with Gasteiger partial charge in [-0.05, 0) is 73.6 Å². The Balaban J connectivity index is 1.58. The number of carbonyl (C=O) groups excluding carboxylic acids is 3. The minimum absolute atomic E-state index is 0.0101. The first-order chi connectivity index (χ1) is 18.3. The first kappa shape index (κ1) is 26.8. The smallest absolute Gasteiger partial charge is 0.270 e. The maximum Gasteiger partial charge on any atom is 0.270 e. The van der Waals surface area contributed by atoms with E-state index < -0.39 is 11.8 Å². The van der Waals surface area contributed by atoms with Gasteiger partial charge >= 0.3 is 0 Å². The van der Waals surface area contributed by atoms with E-state index >= 15 is 0 Å². The van der Waals surface area contributed by atoms with Crippen LogP contribution in [0.25, 0.3) is 6.08 Å². The minimum Gasteiger partial charge on any atom is -0.490 e. The van der Waals surface area contributed by atoms with Crippen molar-refractivity contribution in [3.05, 3.63) is 88.5 Å². The topological polar surface area (TPSA) is 97.0 Å². The third-order valence-corrected chi connectivity index (χ3v) is 6.09. The molecule has 0 atom stereocenters. The van der Waals surface area contributed by atoms with Crippen molar-refractivity contribution in [2.75, 3.05) is 23.4 Å². The largest absolute Gasteiger partial charge is 0.490 e. The van der Waals surface area contributed by atoms with Gasteiger partial charge in [0.15, 0.2) is 23.2 Å². The van der Waals surface area contributed by atoms with Crippen molar-refractivity contribution in [2.24, 2.45) is 0 Å². The molecule has 0 spiro atoms. The number of benzene rings is 3. The lowest BCUT2D eigenvalue weighted by atomic mass is 10.1. The van der Waals surface area contributed by atoms with Crippen LogP contribution in [-0.2, 0) is 14.4 Å². The van der Waals surface area contributed by atoms with Gasteiger partial charge in [0.05, 0.1) is 17.3 Å². The molecule has 0 aliphatic carbocycles. The maximum atomic E-state index is 13.2. The highest BCUT2D eigenvalue weighted by Crippen LogP contribution is 2.37. The Morgan fingerprint density at radius 3 is 2.50 bits per heavy atom. The molecule has 38 heavy (non-hydrogen) atoms. The SMILES string of the molecule is CCOc1cc(/C=C2/C(=O)NC(=S)N(c3ccccc3)C2=O)cc(Cl)c1OCC(=O)Nc1ccccc1C. The molecule has 3 amide bonds. The summed E-state index contributed by atoms with van der Waals surface area (Å²) < 4.78 is 11.4. The van der Waals surface area contributed by atoms with Crippen LogP contribution in [0, 0.1) is 6.92 Å². The molecule has 0 aromatic heterocycles. The Labute approximate surface area is 230 Å². The molecule has 2 N–H and O–H groups in total. The fourth-order valence-electron chi connectivity index (χ4n) is 3.75. The van der Waals surface area contributed by atoms with Gasteiger partial charge in [-0.15, -0.1) is 0 Å². The minimum atomic E-state index is -0.630. The normalized spacial score (nSPS) is 14.3. The molecule has 10 heteroatoms. The molecule has 1 aliphatic rings. The van der Waals surface area contributed by atoms with Crippen molar-refractivity contribution < 1.29 is 23.9 Å². The van der Waals surface area contributed by atoms with Gasteiger partial charge in [0, 0.05) is 5.69 Å². The number of hydrogen-bond acceptors (Lipinski definition) is 6. The summed E-state index contributed by atoms with van der Waals surface area (Å²) in [6.07, 6.45) is 1.40. The second kappa shape index (κ2) is 11.9. The van der Waals surface area contributed by atoms with Gasteiger partial charge in [-0.2, -0.15) is 0 Å². The van der Waals surface area contributed by atoms with E-state index in [-0.39, 0.29) is 46.3 Å². The number of amides is 3. The van der Waals surface area contributed by atoms with E-state index in [1.165, 1.54) is 17.0 Å². The maximum absolute atomic E-state index is 13.2. The molecule has 1 fully saturated rings. The zero-order valence-electron chi connectivity index (χ0n) is 20.6. The summed E-state index contributed by atoms with van der Waals surface area (Å²) >= 11 is 11.7. The van der Waals surface area contributed by atoms with Crippen LogP contribution in [0.1, 0.15) is 18.1 Å². The average Bonchev–Trinajstić information content (AvgIpc) is 2.88. The number of nitrogens with zero attached hydrogens (tertiary/aromatic N) is 1. The van der Waals surface area contributed by atoms with Gasteiger partial charge in [-0.25, -0.2) is 0 Å². The van der Waals surface area contributed by atoms with Crippen LogP contribution in [-0.4, -0.2) is 36.0 Å². The number of rotatable bonds is 8. The van der Waals surface area contributed by atoms with E-state index in [1.807, 2.05) is 31.2 Å². The van der Waals surface area contributed by atoms with Crippen molar-refractivity contribution in [1.82, 2.24) is 5.32 Å². The molecule has 1 aliphatic heterocycles. The van der Waals surface area contributed by atoms with Crippen LogP contribution < -0.4 is 25.0 Å². The number of anilines is 2. The van der Waals surface area contributed by atoms with Crippen LogP contribution in [0.5, 0.6) is 11.5 Å². The second-order valence-corrected chi connectivity index (χ2v) is 9.00. The Morgan fingerprint density at radius 2 is 1.79 bits per heavy atom. The summed E-state index contributed by atoms with van der Waals surface area (Å²) in [6.45, 7) is 3.65. The van der Waals surface area contributed by atoms with Crippen molar-refractivity contribution in [3.63, 3.8) is 0 Å². The molecule has 3 aromatic rings. The van der Waals surface area contributed by atoms with Gasteiger partial charge in [-0.1, -0.05) is 48.0 Å². The molecular weight excluding hydrogens is 526 g/mol. The van der Waals surface area contributed by atoms with Crippen molar-refractivity contribution in [1.29, 1.82) is 0 Å². The number of halogens is 1. The Hall–Kier alpha value is -4.21. The predicted octanol–water partition coefficient (Wildman–Crippen LogP) is 4.90. The number of aryl methyl sites for hydroxylation is 1. The molecular formula is C28H24ClN3O5S. The number of hydrogen-bond donors (Lipinski definition) is 2. The van der Waals surface area contributed by atoms with Crippen LogP contribution in [0.4, 0.5) is 11.4 Å². The zero-order valence-corrected chi connectivity index (χ0v) is 22.2. The summed E-state index contributed by atoms with van der Waals surface area (Å²) in [5, 5.41) is 5.47. The molecule has 0 saturated carbocycles. The number of carbonyl (C=O) groups is 3. The van der Waals surface area contributed by atoms with Gasteiger partial charge in [0.2, 0.25) is 0 Å². The molecule has 8 nitrogen and oxygen atoms in total. The van der Waals surface area contributed by atoms with Gasteiger partial charge < -0.3 is 14.8 Å². The highest BCUT2D eigenvalue weighted by molar-refractivity contribution is 7.80. The molecule has 1 saturated heterocycles.